The topological polar surface area (TPSA) is 81.6 Å². The van der Waals surface area contributed by atoms with E-state index < -0.39 is 5.60 Å². The molecule has 4 rings (SSSR count). The smallest absolute Gasteiger partial charge is 0.274 e. The number of Topliss-reactive ketones (excluding diaryl/α,β-unsaturated/α-hetero) is 1. The van der Waals surface area contributed by atoms with Crippen LogP contribution in [0.5, 0.6) is 11.5 Å². The van der Waals surface area contributed by atoms with Crippen molar-refractivity contribution >= 4 is 11.7 Å². The average molecular weight is 353 g/mol. The Labute approximate surface area is 151 Å². The Bertz CT molecular complexity index is 845. The Morgan fingerprint density at radius 2 is 2.08 bits per heavy atom. The maximum atomic E-state index is 12.6. The molecular formula is C19H19N3O4. The molecule has 7 heteroatoms. The number of benzene rings is 1. The first kappa shape index (κ1) is 16.5. The van der Waals surface area contributed by atoms with E-state index in [0.717, 1.165) is 0 Å². The van der Waals surface area contributed by atoms with E-state index in [1.165, 1.54) is 18.6 Å². The minimum absolute atomic E-state index is 0.0545. The van der Waals surface area contributed by atoms with Gasteiger partial charge in [0.1, 0.15) is 22.8 Å². The molecule has 2 aliphatic heterocycles. The molecule has 2 aromatic rings. The van der Waals surface area contributed by atoms with Crippen LogP contribution < -0.4 is 9.47 Å². The van der Waals surface area contributed by atoms with Crippen LogP contribution in [0.1, 0.15) is 40.1 Å². The van der Waals surface area contributed by atoms with E-state index in [1.54, 1.807) is 30.2 Å². The summed E-state index contributed by atoms with van der Waals surface area (Å²) in [6, 6.07) is 5.29. The summed E-state index contributed by atoms with van der Waals surface area (Å²) in [5, 5.41) is 0. The number of amides is 1. The van der Waals surface area contributed by atoms with Gasteiger partial charge in [-0.15, -0.1) is 0 Å². The molecule has 1 amide bonds. The molecule has 0 aliphatic carbocycles. The van der Waals surface area contributed by atoms with Gasteiger partial charge in [-0.3, -0.25) is 14.6 Å². The molecule has 0 bridgehead atoms. The standard InChI is InChI=1S/C19H19N3O4/c1-25-13-2-3-17-14(10-13)16(23)11-19(26-17)4-8-22(9-5-19)18(24)15-12-20-6-7-21-15/h2-3,6-7,10,12H,4-5,8-9,11H2,1H3. The molecule has 0 unspecified atom stereocenters. The molecule has 1 aromatic heterocycles. The molecule has 7 nitrogen and oxygen atoms in total. The van der Waals surface area contributed by atoms with Crippen LogP contribution in [0.15, 0.2) is 36.8 Å². The molecule has 0 atom stereocenters. The summed E-state index contributed by atoms with van der Waals surface area (Å²) in [6.07, 6.45) is 6.05. The Morgan fingerprint density at radius 1 is 1.27 bits per heavy atom. The minimum Gasteiger partial charge on any atom is -0.497 e. The van der Waals surface area contributed by atoms with Crippen molar-refractivity contribution in [1.29, 1.82) is 0 Å². The van der Waals surface area contributed by atoms with Crippen molar-refractivity contribution in [2.75, 3.05) is 20.2 Å². The van der Waals surface area contributed by atoms with Crippen LogP contribution in [0, 0.1) is 0 Å². The van der Waals surface area contributed by atoms with E-state index in [0.29, 0.717) is 55.1 Å². The highest BCUT2D eigenvalue weighted by molar-refractivity contribution is 6.00. The molecule has 26 heavy (non-hydrogen) atoms. The molecular weight excluding hydrogens is 334 g/mol. The van der Waals surface area contributed by atoms with Crippen LogP contribution in [0.25, 0.3) is 0 Å². The van der Waals surface area contributed by atoms with Gasteiger partial charge in [-0.25, -0.2) is 4.98 Å². The number of fused-ring (bicyclic) bond motifs is 1. The highest BCUT2D eigenvalue weighted by atomic mass is 16.5. The number of likely N-dealkylation sites (tertiary alicyclic amines) is 1. The molecule has 1 fully saturated rings. The SMILES string of the molecule is COc1ccc2c(c1)C(=O)CC1(CCN(C(=O)c3cnccn3)CC1)O2. The number of carbonyl (C=O) groups is 2. The zero-order valence-corrected chi connectivity index (χ0v) is 14.5. The van der Waals surface area contributed by atoms with Crippen LogP contribution in [0.2, 0.25) is 0 Å². The summed E-state index contributed by atoms with van der Waals surface area (Å²) in [5.74, 6) is 1.15. The van der Waals surface area contributed by atoms with E-state index in [1.807, 2.05) is 0 Å². The van der Waals surface area contributed by atoms with E-state index in [9.17, 15) is 9.59 Å². The number of methoxy groups -OCH3 is 1. The summed E-state index contributed by atoms with van der Waals surface area (Å²) in [4.78, 5) is 34.9. The second kappa shape index (κ2) is 6.40. The van der Waals surface area contributed by atoms with Crippen LogP contribution in [0.4, 0.5) is 0 Å². The number of rotatable bonds is 2. The second-order valence-corrected chi connectivity index (χ2v) is 6.63. The van der Waals surface area contributed by atoms with Gasteiger partial charge in [-0.2, -0.15) is 0 Å². The lowest BCUT2D eigenvalue weighted by molar-refractivity contribution is -0.00591. The Kier molecular flexibility index (Phi) is 4.06. The van der Waals surface area contributed by atoms with Crippen molar-refractivity contribution < 1.29 is 19.1 Å². The first-order valence-electron chi connectivity index (χ1n) is 8.56. The summed E-state index contributed by atoms with van der Waals surface area (Å²) in [5.41, 5.74) is 0.354. The number of piperidine rings is 1. The van der Waals surface area contributed by atoms with Gasteiger partial charge in [0.15, 0.2) is 5.78 Å². The van der Waals surface area contributed by atoms with E-state index in [4.69, 9.17) is 9.47 Å². The van der Waals surface area contributed by atoms with E-state index in [2.05, 4.69) is 9.97 Å². The molecule has 0 radical (unpaired) electrons. The summed E-state index contributed by atoms with van der Waals surface area (Å²) in [6.45, 7) is 1.04. The van der Waals surface area contributed by atoms with Crippen molar-refractivity contribution in [2.24, 2.45) is 0 Å². The van der Waals surface area contributed by atoms with Gasteiger partial charge in [0.05, 0.1) is 25.3 Å². The Balaban J connectivity index is 1.49. The minimum atomic E-state index is -0.544. The molecule has 1 aromatic carbocycles. The lowest BCUT2D eigenvalue weighted by Gasteiger charge is -2.43. The number of ketones is 1. The number of hydrogen-bond donors (Lipinski definition) is 0. The van der Waals surface area contributed by atoms with Gasteiger partial charge >= 0.3 is 0 Å². The quantitative estimate of drug-likeness (QED) is 0.823. The average Bonchev–Trinajstić information content (AvgIpc) is 2.68. The van der Waals surface area contributed by atoms with Crippen molar-refractivity contribution in [3.63, 3.8) is 0 Å². The number of hydrogen-bond acceptors (Lipinski definition) is 6. The zero-order chi connectivity index (χ0) is 18.1. The molecule has 134 valence electrons. The fraction of sp³-hybridized carbons (Fsp3) is 0.368. The van der Waals surface area contributed by atoms with Gasteiger partial charge in [0, 0.05) is 38.3 Å². The first-order valence-corrected chi connectivity index (χ1v) is 8.56. The van der Waals surface area contributed by atoms with Crippen LogP contribution in [-0.2, 0) is 0 Å². The maximum absolute atomic E-state index is 12.6. The number of aromatic nitrogens is 2. The summed E-state index contributed by atoms with van der Waals surface area (Å²) < 4.78 is 11.4. The van der Waals surface area contributed by atoms with Gasteiger partial charge in [-0.1, -0.05) is 0 Å². The third kappa shape index (κ3) is 2.89. The number of ether oxygens (including phenoxy) is 2. The van der Waals surface area contributed by atoms with E-state index >= 15 is 0 Å². The van der Waals surface area contributed by atoms with Crippen LogP contribution in [0.3, 0.4) is 0 Å². The normalized spacial score (nSPS) is 18.2. The highest BCUT2D eigenvalue weighted by Gasteiger charge is 2.44. The molecule has 3 heterocycles. The second-order valence-electron chi connectivity index (χ2n) is 6.63. The van der Waals surface area contributed by atoms with Gasteiger partial charge in [0.2, 0.25) is 0 Å². The highest BCUT2D eigenvalue weighted by Crippen LogP contribution is 2.40. The molecule has 1 spiro atoms. The molecule has 0 saturated carbocycles. The van der Waals surface area contributed by atoms with Crippen molar-refractivity contribution in [3.05, 3.63) is 48.0 Å². The van der Waals surface area contributed by atoms with Crippen LogP contribution in [-0.4, -0.2) is 52.4 Å². The molecule has 2 aliphatic rings. The Hall–Kier alpha value is -2.96. The predicted octanol–water partition coefficient (Wildman–Crippen LogP) is 2.13. The van der Waals surface area contributed by atoms with Crippen molar-refractivity contribution in [3.8, 4) is 11.5 Å². The summed E-state index contributed by atoms with van der Waals surface area (Å²) >= 11 is 0. The van der Waals surface area contributed by atoms with Gasteiger partial charge in [0.25, 0.3) is 5.91 Å². The van der Waals surface area contributed by atoms with Crippen LogP contribution >= 0.6 is 0 Å². The predicted molar refractivity (Wildman–Crippen MR) is 92.5 cm³/mol. The van der Waals surface area contributed by atoms with Gasteiger partial charge < -0.3 is 14.4 Å². The first-order chi connectivity index (χ1) is 12.6. The number of nitrogens with zero attached hydrogens (tertiary/aromatic N) is 3. The van der Waals surface area contributed by atoms with Crippen molar-refractivity contribution in [1.82, 2.24) is 14.9 Å². The van der Waals surface area contributed by atoms with Crippen molar-refractivity contribution in [2.45, 2.75) is 24.9 Å². The molecule has 1 saturated heterocycles. The lowest BCUT2D eigenvalue weighted by Crippen LogP contribution is -2.52. The third-order valence-corrected chi connectivity index (χ3v) is 5.04. The largest absolute Gasteiger partial charge is 0.497 e. The van der Waals surface area contributed by atoms with Gasteiger partial charge in [-0.05, 0) is 18.2 Å². The summed E-state index contributed by atoms with van der Waals surface area (Å²) in [7, 11) is 1.57. The fourth-order valence-electron chi connectivity index (χ4n) is 3.57. The Morgan fingerprint density at radius 3 is 2.77 bits per heavy atom. The third-order valence-electron chi connectivity index (χ3n) is 5.04. The fourth-order valence-corrected chi connectivity index (χ4v) is 3.57. The molecule has 0 N–H and O–H groups in total. The number of carbonyl (C=O) groups excluding carboxylic acids is 2. The zero-order valence-electron chi connectivity index (χ0n) is 14.5. The monoisotopic (exact) mass is 353 g/mol. The lowest BCUT2D eigenvalue weighted by atomic mass is 9.82. The maximum Gasteiger partial charge on any atom is 0.274 e. The van der Waals surface area contributed by atoms with E-state index in [-0.39, 0.29) is 11.7 Å².